The number of nitrogens with zero attached hydrogens (tertiary/aromatic N) is 2. The molecule has 0 unspecified atom stereocenters. The van der Waals surface area contributed by atoms with Crippen molar-refractivity contribution in [2.24, 2.45) is 0 Å². The molecule has 0 atom stereocenters. The minimum Gasteiger partial charge on any atom is -0.490 e. The van der Waals surface area contributed by atoms with E-state index in [2.05, 4.69) is 0 Å². The van der Waals surface area contributed by atoms with Crippen molar-refractivity contribution in [1.29, 1.82) is 0 Å². The molecule has 0 aliphatic carbocycles. The highest BCUT2D eigenvalue weighted by Gasteiger charge is 2.35. The minimum atomic E-state index is -0.718. The third-order valence-corrected chi connectivity index (χ3v) is 6.52. The summed E-state index contributed by atoms with van der Waals surface area (Å²) in [6.45, 7) is 2.10. The second kappa shape index (κ2) is 11.3. The van der Waals surface area contributed by atoms with E-state index >= 15 is 0 Å². The van der Waals surface area contributed by atoms with E-state index in [0.717, 1.165) is 16.7 Å². The fourth-order valence-electron chi connectivity index (χ4n) is 3.43. The molecule has 2 amide bonds. The number of amides is 2. The Balaban J connectivity index is 1.53. The molecule has 1 aliphatic rings. The number of carbonyl (C=O) groups is 3. The molecule has 4 rings (SSSR count). The van der Waals surface area contributed by atoms with Gasteiger partial charge in [0, 0.05) is 17.2 Å². The number of thioether (sulfide) groups is 1. The van der Waals surface area contributed by atoms with Crippen LogP contribution in [0.1, 0.15) is 28.4 Å². The maximum Gasteiger partial charge on any atom is 0.343 e. The molecule has 0 bridgehead atoms. The number of nitro benzene ring substituents is 1. The number of ether oxygens (including phenoxy) is 2. The van der Waals surface area contributed by atoms with E-state index < -0.39 is 22.0 Å². The first-order chi connectivity index (χ1) is 17.8. The number of rotatable bonds is 8. The predicted molar refractivity (Wildman–Crippen MR) is 139 cm³/mol. The number of non-ortho nitro benzene ring substituents is 1. The van der Waals surface area contributed by atoms with Crippen molar-refractivity contribution >= 4 is 52.2 Å². The van der Waals surface area contributed by atoms with Crippen LogP contribution in [0.4, 0.5) is 10.5 Å². The molecule has 3 aromatic rings. The summed E-state index contributed by atoms with van der Waals surface area (Å²) in [4.78, 5) is 49.6. The van der Waals surface area contributed by atoms with E-state index in [9.17, 15) is 24.5 Å². The number of nitro groups is 1. The van der Waals surface area contributed by atoms with E-state index in [1.807, 2.05) is 0 Å². The molecule has 0 N–H and O–H groups in total. The first-order valence-corrected chi connectivity index (χ1v) is 12.2. The molecule has 1 aliphatic heterocycles. The third kappa shape index (κ3) is 5.99. The fraction of sp³-hybridized carbons (Fsp3) is 0.115. The van der Waals surface area contributed by atoms with Crippen LogP contribution in [0.15, 0.2) is 71.6 Å². The van der Waals surface area contributed by atoms with Crippen LogP contribution in [0.3, 0.4) is 0 Å². The smallest absolute Gasteiger partial charge is 0.343 e. The van der Waals surface area contributed by atoms with Crippen molar-refractivity contribution in [3.63, 3.8) is 0 Å². The maximum atomic E-state index is 12.9. The molecule has 1 heterocycles. The van der Waals surface area contributed by atoms with E-state index in [1.54, 1.807) is 49.4 Å². The van der Waals surface area contributed by atoms with Gasteiger partial charge in [-0.2, -0.15) is 0 Å². The van der Waals surface area contributed by atoms with Gasteiger partial charge in [-0.15, -0.1) is 0 Å². The molecule has 3 aromatic carbocycles. The molecule has 9 nitrogen and oxygen atoms in total. The lowest BCUT2D eigenvalue weighted by Crippen LogP contribution is -2.27. The highest BCUT2D eigenvalue weighted by molar-refractivity contribution is 8.18. The van der Waals surface area contributed by atoms with Gasteiger partial charge in [-0.25, -0.2) is 4.79 Å². The molecular formula is C26H19ClN2O7S. The average molecular weight is 539 g/mol. The first kappa shape index (κ1) is 25.9. The Morgan fingerprint density at radius 1 is 1.08 bits per heavy atom. The number of carbonyl (C=O) groups excluding carboxylic acids is 3. The summed E-state index contributed by atoms with van der Waals surface area (Å²) in [6.07, 6.45) is 1.56. The maximum absolute atomic E-state index is 12.9. The Labute approximate surface area is 220 Å². The fourth-order valence-corrected chi connectivity index (χ4v) is 4.46. The summed E-state index contributed by atoms with van der Waals surface area (Å²) in [6, 6.07) is 16.7. The number of esters is 1. The number of halogens is 1. The van der Waals surface area contributed by atoms with Crippen molar-refractivity contribution in [1.82, 2.24) is 4.90 Å². The molecule has 11 heteroatoms. The van der Waals surface area contributed by atoms with Gasteiger partial charge in [-0.1, -0.05) is 35.9 Å². The quantitative estimate of drug-likeness (QED) is 0.111. The lowest BCUT2D eigenvalue weighted by Gasteiger charge is -2.13. The second-order valence-electron chi connectivity index (χ2n) is 7.69. The highest BCUT2D eigenvalue weighted by atomic mass is 35.5. The molecule has 0 aromatic heterocycles. The SMILES string of the molecule is CCOc1cc(/C=C2\SC(=O)N(Cc3ccccc3Cl)C2=O)ccc1OC(=O)c1ccc([N+](=O)[O-])cc1. The van der Waals surface area contributed by atoms with E-state index in [-0.39, 0.29) is 40.8 Å². The van der Waals surface area contributed by atoms with E-state index in [4.69, 9.17) is 21.1 Å². The molecule has 0 spiro atoms. The molecule has 0 saturated carbocycles. The van der Waals surface area contributed by atoms with E-state index in [0.29, 0.717) is 16.1 Å². The Bertz CT molecular complexity index is 1420. The van der Waals surface area contributed by atoms with Crippen molar-refractivity contribution in [3.05, 3.63) is 103 Å². The topological polar surface area (TPSA) is 116 Å². The molecule has 1 saturated heterocycles. The molecule has 0 radical (unpaired) electrons. The normalized spacial score (nSPS) is 14.2. The highest BCUT2D eigenvalue weighted by Crippen LogP contribution is 2.36. The lowest BCUT2D eigenvalue weighted by molar-refractivity contribution is -0.384. The van der Waals surface area contributed by atoms with Crippen LogP contribution in [0.2, 0.25) is 5.02 Å². The summed E-state index contributed by atoms with van der Waals surface area (Å²) in [5.41, 5.74) is 1.20. The summed E-state index contributed by atoms with van der Waals surface area (Å²) in [5, 5.41) is 10.9. The third-order valence-electron chi connectivity index (χ3n) is 5.24. The van der Waals surface area contributed by atoms with Gasteiger partial charge in [0.2, 0.25) is 0 Å². The Morgan fingerprint density at radius 3 is 2.49 bits per heavy atom. The van der Waals surface area contributed by atoms with Crippen LogP contribution in [0, 0.1) is 10.1 Å². The zero-order valence-corrected chi connectivity index (χ0v) is 21.0. The summed E-state index contributed by atoms with van der Waals surface area (Å²) >= 11 is 6.99. The van der Waals surface area contributed by atoms with Crippen molar-refractivity contribution in [2.45, 2.75) is 13.5 Å². The zero-order chi connectivity index (χ0) is 26.5. The van der Waals surface area contributed by atoms with E-state index in [1.165, 1.54) is 30.3 Å². The van der Waals surface area contributed by atoms with Crippen molar-refractivity contribution < 1.29 is 28.8 Å². The summed E-state index contributed by atoms with van der Waals surface area (Å²) in [5.74, 6) is -0.776. The number of benzene rings is 3. The minimum absolute atomic E-state index is 0.0589. The van der Waals surface area contributed by atoms with Gasteiger partial charge in [0.05, 0.1) is 28.5 Å². The molecule has 188 valence electrons. The van der Waals surface area contributed by atoms with Gasteiger partial charge in [0.1, 0.15) is 0 Å². The Hall–Kier alpha value is -4.15. The number of hydrogen-bond acceptors (Lipinski definition) is 8. The van der Waals surface area contributed by atoms with Crippen molar-refractivity contribution in [2.75, 3.05) is 6.61 Å². The monoisotopic (exact) mass is 538 g/mol. The molecule has 1 fully saturated rings. The van der Waals surface area contributed by atoms with Crippen LogP contribution >= 0.6 is 23.4 Å². The first-order valence-electron chi connectivity index (χ1n) is 11.0. The van der Waals surface area contributed by atoms with Gasteiger partial charge >= 0.3 is 5.97 Å². The predicted octanol–water partition coefficient (Wildman–Crippen LogP) is 6.10. The Morgan fingerprint density at radius 2 is 1.81 bits per heavy atom. The lowest BCUT2D eigenvalue weighted by atomic mass is 10.1. The van der Waals surface area contributed by atoms with Crippen LogP contribution in [-0.2, 0) is 11.3 Å². The van der Waals surface area contributed by atoms with Gasteiger partial charge < -0.3 is 9.47 Å². The zero-order valence-electron chi connectivity index (χ0n) is 19.4. The van der Waals surface area contributed by atoms with Gasteiger partial charge in [-0.05, 0) is 66.2 Å². The van der Waals surface area contributed by atoms with Gasteiger partial charge in [0.25, 0.3) is 16.8 Å². The van der Waals surface area contributed by atoms with Crippen LogP contribution < -0.4 is 9.47 Å². The number of hydrogen-bond donors (Lipinski definition) is 0. The van der Waals surface area contributed by atoms with Gasteiger partial charge in [-0.3, -0.25) is 24.6 Å². The molecular weight excluding hydrogens is 520 g/mol. The van der Waals surface area contributed by atoms with Crippen LogP contribution in [-0.4, -0.2) is 33.5 Å². The second-order valence-corrected chi connectivity index (χ2v) is 9.09. The average Bonchev–Trinajstić information content (AvgIpc) is 3.14. The largest absolute Gasteiger partial charge is 0.490 e. The van der Waals surface area contributed by atoms with Gasteiger partial charge in [0.15, 0.2) is 11.5 Å². The standard InChI is InChI=1S/C26H19ClN2O7S/c1-2-35-22-13-16(7-12-21(22)36-25(31)17-8-10-19(11-9-17)29(33)34)14-23-24(30)28(26(32)37-23)15-18-5-3-4-6-20(18)27/h3-14H,2,15H2,1H3/b23-14-. The van der Waals surface area contributed by atoms with Crippen LogP contribution in [0.5, 0.6) is 11.5 Å². The Kier molecular flexibility index (Phi) is 7.90. The van der Waals surface area contributed by atoms with Crippen molar-refractivity contribution in [3.8, 4) is 11.5 Å². The number of imide groups is 1. The summed E-state index contributed by atoms with van der Waals surface area (Å²) < 4.78 is 11.1. The van der Waals surface area contributed by atoms with Crippen LogP contribution in [0.25, 0.3) is 6.08 Å². The molecule has 37 heavy (non-hydrogen) atoms. The summed E-state index contributed by atoms with van der Waals surface area (Å²) in [7, 11) is 0.